The molecule has 1 saturated carbocycles. The highest BCUT2D eigenvalue weighted by molar-refractivity contribution is 6.02. The monoisotopic (exact) mass is 233 g/mol. The van der Waals surface area contributed by atoms with Gasteiger partial charge in [-0.05, 0) is 30.9 Å². The van der Waals surface area contributed by atoms with Crippen molar-refractivity contribution in [1.29, 1.82) is 0 Å². The van der Waals surface area contributed by atoms with E-state index >= 15 is 0 Å². The van der Waals surface area contributed by atoms with E-state index in [-0.39, 0.29) is 17.4 Å². The molecule has 0 heterocycles. The zero-order chi connectivity index (χ0) is 12.6. The van der Waals surface area contributed by atoms with E-state index in [1.807, 2.05) is 6.92 Å². The third-order valence-electron chi connectivity index (χ3n) is 3.20. The number of aromatic carboxylic acids is 1. The van der Waals surface area contributed by atoms with Crippen molar-refractivity contribution in [1.82, 2.24) is 0 Å². The van der Waals surface area contributed by atoms with E-state index < -0.39 is 5.97 Å². The molecule has 0 aromatic heterocycles. The molecule has 1 fully saturated rings. The van der Waals surface area contributed by atoms with Gasteiger partial charge in [-0.15, -0.1) is 0 Å². The van der Waals surface area contributed by atoms with Crippen LogP contribution in [0, 0.1) is 18.8 Å². The molecule has 2 unspecified atom stereocenters. The first-order valence-corrected chi connectivity index (χ1v) is 5.64. The average molecular weight is 233 g/mol. The van der Waals surface area contributed by atoms with Crippen LogP contribution in [0.4, 0.5) is 5.69 Å². The Morgan fingerprint density at radius 3 is 2.59 bits per heavy atom. The Morgan fingerprint density at radius 1 is 1.41 bits per heavy atom. The van der Waals surface area contributed by atoms with E-state index in [9.17, 15) is 9.59 Å². The molecule has 90 valence electrons. The minimum Gasteiger partial charge on any atom is -0.478 e. The molecule has 0 aliphatic heterocycles. The van der Waals surface area contributed by atoms with Crippen LogP contribution in [-0.4, -0.2) is 17.0 Å². The van der Waals surface area contributed by atoms with E-state index in [4.69, 9.17) is 5.11 Å². The van der Waals surface area contributed by atoms with Gasteiger partial charge in [-0.1, -0.05) is 19.1 Å². The first kappa shape index (κ1) is 11.6. The predicted molar refractivity (Wildman–Crippen MR) is 64.0 cm³/mol. The van der Waals surface area contributed by atoms with Crippen molar-refractivity contribution in [2.75, 3.05) is 5.32 Å². The van der Waals surface area contributed by atoms with Gasteiger partial charge in [0.25, 0.3) is 0 Å². The fourth-order valence-corrected chi connectivity index (χ4v) is 1.92. The van der Waals surface area contributed by atoms with E-state index in [0.717, 1.165) is 12.0 Å². The second-order valence-electron chi connectivity index (χ2n) is 4.61. The predicted octanol–water partition coefficient (Wildman–Crippen LogP) is 2.29. The van der Waals surface area contributed by atoms with Crippen LogP contribution >= 0.6 is 0 Å². The van der Waals surface area contributed by atoms with E-state index in [1.54, 1.807) is 19.1 Å². The van der Waals surface area contributed by atoms with Crippen LogP contribution in [-0.2, 0) is 4.79 Å². The fourth-order valence-electron chi connectivity index (χ4n) is 1.92. The Morgan fingerprint density at radius 2 is 2.06 bits per heavy atom. The maximum Gasteiger partial charge on any atom is 0.337 e. The molecule has 17 heavy (non-hydrogen) atoms. The van der Waals surface area contributed by atoms with Crippen LogP contribution in [0.3, 0.4) is 0 Å². The summed E-state index contributed by atoms with van der Waals surface area (Å²) in [6, 6.07) is 4.97. The second kappa shape index (κ2) is 4.20. The molecule has 1 amide bonds. The number of amides is 1. The van der Waals surface area contributed by atoms with Gasteiger partial charge in [0.1, 0.15) is 0 Å². The Labute approximate surface area is 99.6 Å². The van der Waals surface area contributed by atoms with Crippen molar-refractivity contribution in [2.45, 2.75) is 20.3 Å². The van der Waals surface area contributed by atoms with Crippen LogP contribution in [0.5, 0.6) is 0 Å². The number of carboxylic acids is 1. The molecule has 4 nitrogen and oxygen atoms in total. The van der Waals surface area contributed by atoms with Gasteiger partial charge in [-0.25, -0.2) is 4.79 Å². The van der Waals surface area contributed by atoms with Crippen LogP contribution in [0.1, 0.15) is 29.3 Å². The fraction of sp³-hybridized carbons (Fsp3) is 0.385. The van der Waals surface area contributed by atoms with Crippen LogP contribution in [0.2, 0.25) is 0 Å². The number of carbonyl (C=O) groups excluding carboxylic acids is 1. The van der Waals surface area contributed by atoms with Gasteiger partial charge in [0, 0.05) is 5.92 Å². The lowest BCUT2D eigenvalue weighted by molar-refractivity contribution is -0.117. The number of carboxylic acid groups (broad SMARTS) is 1. The Bertz CT molecular complexity index is 482. The smallest absolute Gasteiger partial charge is 0.337 e. The van der Waals surface area contributed by atoms with Gasteiger partial charge < -0.3 is 10.4 Å². The molecule has 0 saturated heterocycles. The number of para-hydroxylation sites is 1. The summed E-state index contributed by atoms with van der Waals surface area (Å²) in [7, 11) is 0. The summed E-state index contributed by atoms with van der Waals surface area (Å²) in [5, 5.41) is 11.8. The van der Waals surface area contributed by atoms with Crippen molar-refractivity contribution >= 4 is 17.6 Å². The summed E-state index contributed by atoms with van der Waals surface area (Å²) in [5.41, 5.74) is 1.34. The van der Waals surface area contributed by atoms with Crippen molar-refractivity contribution in [2.24, 2.45) is 11.8 Å². The van der Waals surface area contributed by atoms with Crippen molar-refractivity contribution in [3.05, 3.63) is 29.3 Å². The third kappa shape index (κ3) is 2.30. The standard InChI is InChI=1S/C13H15NO3/c1-7-4-3-5-9(13(16)17)11(7)14-12(15)10-6-8(10)2/h3-5,8,10H,6H2,1-2H3,(H,14,15)(H,16,17). The maximum atomic E-state index is 11.8. The summed E-state index contributed by atoms with van der Waals surface area (Å²) >= 11 is 0. The van der Waals surface area contributed by atoms with Gasteiger partial charge in [-0.3, -0.25) is 4.79 Å². The van der Waals surface area contributed by atoms with E-state index in [1.165, 1.54) is 6.07 Å². The summed E-state index contributed by atoms with van der Waals surface area (Å²) in [6.07, 6.45) is 0.889. The van der Waals surface area contributed by atoms with Gasteiger partial charge in [0.2, 0.25) is 5.91 Å². The molecule has 1 aromatic carbocycles. The first-order valence-electron chi connectivity index (χ1n) is 5.64. The summed E-state index contributed by atoms with van der Waals surface area (Å²) in [4.78, 5) is 22.9. The van der Waals surface area contributed by atoms with Crippen LogP contribution in [0.25, 0.3) is 0 Å². The molecule has 4 heteroatoms. The quantitative estimate of drug-likeness (QED) is 0.841. The molecular weight excluding hydrogens is 218 g/mol. The lowest BCUT2D eigenvalue weighted by atomic mass is 10.1. The van der Waals surface area contributed by atoms with Crippen molar-refractivity contribution in [3.63, 3.8) is 0 Å². The minimum atomic E-state index is -1.02. The van der Waals surface area contributed by atoms with Crippen molar-refractivity contribution < 1.29 is 14.7 Å². The molecule has 1 aliphatic carbocycles. The number of hydrogen-bond acceptors (Lipinski definition) is 2. The number of nitrogens with one attached hydrogen (secondary N) is 1. The number of rotatable bonds is 3. The largest absolute Gasteiger partial charge is 0.478 e. The van der Waals surface area contributed by atoms with Crippen LogP contribution in [0.15, 0.2) is 18.2 Å². The normalized spacial score (nSPS) is 22.0. The second-order valence-corrected chi connectivity index (χ2v) is 4.61. The van der Waals surface area contributed by atoms with Crippen LogP contribution < -0.4 is 5.32 Å². The number of hydrogen-bond donors (Lipinski definition) is 2. The SMILES string of the molecule is Cc1cccc(C(=O)O)c1NC(=O)C1CC1C. The van der Waals surface area contributed by atoms with Crippen molar-refractivity contribution in [3.8, 4) is 0 Å². The molecule has 0 bridgehead atoms. The number of benzene rings is 1. The number of aryl methyl sites for hydroxylation is 1. The van der Waals surface area contributed by atoms with Gasteiger partial charge in [0.15, 0.2) is 0 Å². The third-order valence-corrected chi connectivity index (χ3v) is 3.20. The molecular formula is C13H15NO3. The van der Waals surface area contributed by atoms with E-state index in [2.05, 4.69) is 5.32 Å². The molecule has 0 spiro atoms. The molecule has 2 atom stereocenters. The lowest BCUT2D eigenvalue weighted by Crippen LogP contribution is -2.17. The Hall–Kier alpha value is -1.84. The molecule has 2 N–H and O–H groups in total. The first-order chi connectivity index (χ1) is 8.00. The topological polar surface area (TPSA) is 66.4 Å². The summed E-state index contributed by atoms with van der Waals surface area (Å²) in [6.45, 7) is 3.80. The van der Waals surface area contributed by atoms with E-state index in [0.29, 0.717) is 11.6 Å². The summed E-state index contributed by atoms with van der Waals surface area (Å²) < 4.78 is 0. The lowest BCUT2D eigenvalue weighted by Gasteiger charge is -2.11. The zero-order valence-electron chi connectivity index (χ0n) is 9.86. The van der Waals surface area contributed by atoms with Gasteiger partial charge in [0.05, 0.1) is 11.3 Å². The molecule has 2 rings (SSSR count). The Kier molecular flexibility index (Phi) is 2.88. The number of anilines is 1. The zero-order valence-corrected chi connectivity index (χ0v) is 9.86. The molecule has 1 aromatic rings. The molecule has 1 aliphatic rings. The van der Waals surface area contributed by atoms with Gasteiger partial charge in [-0.2, -0.15) is 0 Å². The average Bonchev–Trinajstić information content (AvgIpc) is 2.98. The highest BCUT2D eigenvalue weighted by Crippen LogP contribution is 2.38. The van der Waals surface area contributed by atoms with Gasteiger partial charge >= 0.3 is 5.97 Å². The Balaban J connectivity index is 2.25. The molecule has 0 radical (unpaired) electrons. The highest BCUT2D eigenvalue weighted by atomic mass is 16.4. The maximum absolute atomic E-state index is 11.8. The summed E-state index contributed by atoms with van der Waals surface area (Å²) in [5.74, 6) is -0.648. The minimum absolute atomic E-state index is 0.0382. The highest BCUT2D eigenvalue weighted by Gasteiger charge is 2.39. The number of carbonyl (C=O) groups is 2.